The van der Waals surface area contributed by atoms with Crippen LogP contribution in [0.15, 0.2) is 24.3 Å². The van der Waals surface area contributed by atoms with E-state index in [0.717, 1.165) is 30.6 Å². The average molecular weight is 288 g/mol. The smallest absolute Gasteiger partial charge is 0.227 e. The number of ether oxygens (including phenoxy) is 1. The zero-order valence-electron chi connectivity index (χ0n) is 12.0. The van der Waals surface area contributed by atoms with Crippen molar-refractivity contribution in [3.8, 4) is 0 Å². The van der Waals surface area contributed by atoms with Crippen molar-refractivity contribution >= 4 is 17.5 Å². The Morgan fingerprint density at radius 3 is 2.76 bits per heavy atom. The molecule has 0 aromatic heterocycles. The second kappa shape index (κ2) is 6.26. The number of hydrogen-bond donors (Lipinski definition) is 1. The zero-order chi connectivity index (χ0) is 14.7. The summed E-state index contributed by atoms with van der Waals surface area (Å²) in [7, 11) is 0. The van der Waals surface area contributed by atoms with Crippen LogP contribution in [-0.2, 0) is 20.9 Å². The molecule has 0 bridgehead atoms. The molecule has 0 unspecified atom stereocenters. The van der Waals surface area contributed by atoms with Crippen LogP contribution in [0.1, 0.15) is 24.8 Å². The molecule has 2 amide bonds. The third kappa shape index (κ3) is 3.24. The maximum absolute atomic E-state index is 11.9. The zero-order valence-corrected chi connectivity index (χ0v) is 12.0. The highest BCUT2D eigenvalue weighted by molar-refractivity contribution is 5.95. The second-order valence-corrected chi connectivity index (χ2v) is 5.59. The third-order valence-corrected chi connectivity index (χ3v) is 4.09. The van der Waals surface area contributed by atoms with Crippen LogP contribution in [0.2, 0.25) is 0 Å². The summed E-state index contributed by atoms with van der Waals surface area (Å²) in [6.07, 6.45) is 2.38. The lowest BCUT2D eigenvalue weighted by Gasteiger charge is -2.16. The molecule has 0 spiro atoms. The molecule has 5 nitrogen and oxygen atoms in total. The first-order valence-corrected chi connectivity index (χ1v) is 7.49. The molecule has 3 rings (SSSR count). The molecule has 2 fully saturated rings. The highest BCUT2D eigenvalue weighted by Gasteiger charge is 2.23. The van der Waals surface area contributed by atoms with Crippen LogP contribution in [0.3, 0.4) is 0 Å². The van der Waals surface area contributed by atoms with Gasteiger partial charge in [0.25, 0.3) is 0 Å². The van der Waals surface area contributed by atoms with Gasteiger partial charge in [0.1, 0.15) is 0 Å². The topological polar surface area (TPSA) is 58.6 Å². The fraction of sp³-hybridized carbons (Fsp3) is 0.500. The highest BCUT2D eigenvalue weighted by atomic mass is 16.5. The van der Waals surface area contributed by atoms with Gasteiger partial charge in [-0.1, -0.05) is 12.1 Å². The van der Waals surface area contributed by atoms with E-state index in [1.807, 2.05) is 29.2 Å². The molecule has 1 atom stereocenters. The van der Waals surface area contributed by atoms with Gasteiger partial charge in [-0.2, -0.15) is 0 Å². The standard InChI is InChI=1S/C16H20N2O3/c19-15-2-1-8-18(15)14-5-3-12(4-6-14)10-17-16(20)13-7-9-21-11-13/h3-6,13H,1-2,7-11H2,(H,17,20)/t13-/m0/s1. The van der Waals surface area contributed by atoms with Crippen LogP contribution in [0, 0.1) is 5.92 Å². The molecule has 1 aromatic rings. The number of carbonyl (C=O) groups excluding carboxylic acids is 2. The SMILES string of the molecule is O=C(NCc1ccc(N2CCCC2=O)cc1)[C@H]1CCOC1. The van der Waals surface area contributed by atoms with Gasteiger partial charge < -0.3 is 15.0 Å². The van der Waals surface area contributed by atoms with Crippen molar-refractivity contribution in [1.82, 2.24) is 5.32 Å². The third-order valence-electron chi connectivity index (χ3n) is 4.09. The fourth-order valence-electron chi connectivity index (χ4n) is 2.79. The summed E-state index contributed by atoms with van der Waals surface area (Å²) in [6, 6.07) is 7.82. The molecule has 0 saturated carbocycles. The summed E-state index contributed by atoms with van der Waals surface area (Å²) in [5, 5.41) is 2.94. The van der Waals surface area contributed by atoms with Crippen molar-refractivity contribution < 1.29 is 14.3 Å². The Kier molecular flexibility index (Phi) is 4.20. The van der Waals surface area contributed by atoms with Crippen LogP contribution in [-0.4, -0.2) is 31.6 Å². The van der Waals surface area contributed by atoms with Gasteiger partial charge in [0.05, 0.1) is 12.5 Å². The minimum atomic E-state index is -0.00788. The summed E-state index contributed by atoms with van der Waals surface area (Å²) in [6.45, 7) is 2.53. The molecule has 0 aliphatic carbocycles. The minimum Gasteiger partial charge on any atom is -0.381 e. The van der Waals surface area contributed by atoms with Gasteiger partial charge in [-0.05, 0) is 30.5 Å². The molecule has 2 aliphatic rings. The molecular weight excluding hydrogens is 268 g/mol. The summed E-state index contributed by atoms with van der Waals surface area (Å²) < 4.78 is 5.21. The van der Waals surface area contributed by atoms with Gasteiger partial charge in [0, 0.05) is 31.8 Å². The minimum absolute atomic E-state index is 0.00788. The van der Waals surface area contributed by atoms with Crippen LogP contribution in [0.25, 0.3) is 0 Å². The molecule has 5 heteroatoms. The Balaban J connectivity index is 1.54. The first kappa shape index (κ1) is 14.1. The fourth-order valence-corrected chi connectivity index (χ4v) is 2.79. The summed E-state index contributed by atoms with van der Waals surface area (Å²) in [4.78, 5) is 25.4. The van der Waals surface area contributed by atoms with E-state index in [9.17, 15) is 9.59 Å². The van der Waals surface area contributed by atoms with E-state index < -0.39 is 0 Å². The Morgan fingerprint density at radius 1 is 1.33 bits per heavy atom. The molecular formula is C16H20N2O3. The maximum atomic E-state index is 11.9. The largest absolute Gasteiger partial charge is 0.381 e. The molecule has 2 heterocycles. The van der Waals surface area contributed by atoms with Crippen LogP contribution >= 0.6 is 0 Å². The predicted molar refractivity (Wildman–Crippen MR) is 78.8 cm³/mol. The van der Waals surface area contributed by atoms with Crippen molar-refractivity contribution in [2.45, 2.75) is 25.8 Å². The molecule has 112 valence electrons. The maximum Gasteiger partial charge on any atom is 0.227 e. The van der Waals surface area contributed by atoms with E-state index >= 15 is 0 Å². The quantitative estimate of drug-likeness (QED) is 0.912. The van der Waals surface area contributed by atoms with Crippen molar-refractivity contribution in [1.29, 1.82) is 0 Å². The summed E-state index contributed by atoms with van der Waals surface area (Å²) in [5.74, 6) is 0.245. The molecule has 2 aliphatic heterocycles. The number of nitrogens with zero attached hydrogens (tertiary/aromatic N) is 1. The van der Waals surface area contributed by atoms with E-state index in [4.69, 9.17) is 4.74 Å². The monoisotopic (exact) mass is 288 g/mol. The first-order chi connectivity index (χ1) is 10.2. The molecule has 21 heavy (non-hydrogen) atoms. The Bertz CT molecular complexity index is 521. The van der Waals surface area contributed by atoms with Gasteiger partial charge in [-0.25, -0.2) is 0 Å². The highest BCUT2D eigenvalue weighted by Crippen LogP contribution is 2.21. The van der Waals surface area contributed by atoms with Crippen molar-refractivity contribution in [3.63, 3.8) is 0 Å². The molecule has 1 N–H and O–H groups in total. The number of amides is 2. The van der Waals surface area contributed by atoms with E-state index in [1.165, 1.54) is 0 Å². The van der Waals surface area contributed by atoms with Gasteiger partial charge in [-0.3, -0.25) is 9.59 Å². The first-order valence-electron chi connectivity index (χ1n) is 7.49. The summed E-state index contributed by atoms with van der Waals surface area (Å²) >= 11 is 0. The van der Waals surface area contributed by atoms with Crippen LogP contribution < -0.4 is 10.2 Å². The Labute approximate surface area is 124 Å². The van der Waals surface area contributed by atoms with Gasteiger partial charge in [0.2, 0.25) is 11.8 Å². The summed E-state index contributed by atoms with van der Waals surface area (Å²) in [5.41, 5.74) is 1.98. The number of nitrogens with one attached hydrogen (secondary N) is 1. The van der Waals surface area contributed by atoms with Crippen LogP contribution in [0.5, 0.6) is 0 Å². The lowest BCUT2D eigenvalue weighted by atomic mass is 10.1. The van der Waals surface area contributed by atoms with E-state index in [2.05, 4.69) is 5.32 Å². The average Bonchev–Trinajstić information content (AvgIpc) is 3.17. The van der Waals surface area contributed by atoms with E-state index in [-0.39, 0.29) is 17.7 Å². The van der Waals surface area contributed by atoms with Crippen molar-refractivity contribution in [2.24, 2.45) is 5.92 Å². The molecule has 1 aromatic carbocycles. The number of hydrogen-bond acceptors (Lipinski definition) is 3. The van der Waals surface area contributed by atoms with Gasteiger partial charge in [0.15, 0.2) is 0 Å². The van der Waals surface area contributed by atoms with Gasteiger partial charge >= 0.3 is 0 Å². The molecule has 2 saturated heterocycles. The number of carbonyl (C=O) groups is 2. The number of rotatable bonds is 4. The second-order valence-electron chi connectivity index (χ2n) is 5.59. The Morgan fingerprint density at radius 2 is 2.14 bits per heavy atom. The van der Waals surface area contributed by atoms with Crippen molar-refractivity contribution in [2.75, 3.05) is 24.7 Å². The van der Waals surface area contributed by atoms with Gasteiger partial charge in [-0.15, -0.1) is 0 Å². The van der Waals surface area contributed by atoms with Crippen molar-refractivity contribution in [3.05, 3.63) is 29.8 Å². The Hall–Kier alpha value is -1.88. The predicted octanol–water partition coefficient (Wildman–Crippen LogP) is 1.47. The van der Waals surface area contributed by atoms with E-state index in [1.54, 1.807) is 0 Å². The van der Waals surface area contributed by atoms with Crippen LogP contribution in [0.4, 0.5) is 5.69 Å². The normalized spacial score (nSPS) is 21.8. The lowest BCUT2D eigenvalue weighted by molar-refractivity contribution is -0.125. The number of anilines is 1. The number of benzene rings is 1. The van der Waals surface area contributed by atoms with E-state index in [0.29, 0.717) is 26.2 Å². The molecule has 0 radical (unpaired) electrons. The lowest BCUT2D eigenvalue weighted by Crippen LogP contribution is -2.30.